The molecule has 0 bridgehead atoms. The lowest BCUT2D eigenvalue weighted by atomic mass is 10.2. The molecule has 0 aliphatic carbocycles. The third-order valence-electron chi connectivity index (χ3n) is 3.57. The van der Waals surface area contributed by atoms with Gasteiger partial charge in [0, 0.05) is 11.5 Å². The van der Waals surface area contributed by atoms with Crippen molar-refractivity contribution in [1.29, 1.82) is 5.26 Å². The maximum Gasteiger partial charge on any atom is 0.262 e. The first-order chi connectivity index (χ1) is 12.2. The van der Waals surface area contributed by atoms with Crippen molar-refractivity contribution in [3.63, 3.8) is 0 Å². The van der Waals surface area contributed by atoms with Crippen LogP contribution in [0.4, 0.5) is 5.00 Å². The standard InChI is InChI=1S/C17H11N3O2S3/c1-9-19-15-13(25-9)6-12(11-3-5-23-16(11)15)22-8-14(21)20-17-10(7-18)2-4-24-17/h2-6H,8H2,1H3,(H,20,21). The Morgan fingerprint density at radius 2 is 2.20 bits per heavy atom. The molecule has 0 fully saturated rings. The summed E-state index contributed by atoms with van der Waals surface area (Å²) in [6.45, 7) is 1.86. The number of rotatable bonds is 4. The van der Waals surface area contributed by atoms with Gasteiger partial charge in [-0.15, -0.1) is 34.0 Å². The Morgan fingerprint density at radius 3 is 3.04 bits per heavy atom. The highest BCUT2D eigenvalue weighted by Crippen LogP contribution is 2.38. The minimum Gasteiger partial charge on any atom is -0.483 e. The summed E-state index contributed by atoms with van der Waals surface area (Å²) >= 11 is 4.54. The summed E-state index contributed by atoms with van der Waals surface area (Å²) in [5, 5.41) is 18.0. The lowest BCUT2D eigenvalue weighted by Gasteiger charge is -2.08. The second-order valence-electron chi connectivity index (χ2n) is 5.23. The van der Waals surface area contributed by atoms with Gasteiger partial charge in [-0.05, 0) is 29.8 Å². The van der Waals surface area contributed by atoms with E-state index in [1.165, 1.54) is 11.3 Å². The Kier molecular flexibility index (Phi) is 4.13. The quantitative estimate of drug-likeness (QED) is 0.549. The fourth-order valence-electron chi connectivity index (χ4n) is 2.51. The largest absolute Gasteiger partial charge is 0.483 e. The van der Waals surface area contributed by atoms with Gasteiger partial charge in [-0.2, -0.15) is 5.26 Å². The van der Waals surface area contributed by atoms with Gasteiger partial charge in [-0.3, -0.25) is 4.79 Å². The Morgan fingerprint density at radius 1 is 1.36 bits per heavy atom. The van der Waals surface area contributed by atoms with Crippen LogP contribution in [-0.2, 0) is 4.79 Å². The maximum absolute atomic E-state index is 12.1. The number of carbonyl (C=O) groups excluding carboxylic acids is 1. The number of nitrogens with one attached hydrogen (secondary N) is 1. The van der Waals surface area contributed by atoms with E-state index in [2.05, 4.69) is 10.3 Å². The second-order valence-corrected chi connectivity index (χ2v) is 8.30. The lowest BCUT2D eigenvalue weighted by molar-refractivity contribution is -0.118. The SMILES string of the molecule is Cc1nc2c(cc(OCC(=O)Nc3sccc3C#N)c3ccsc32)s1. The number of hydrogen-bond donors (Lipinski definition) is 1. The third kappa shape index (κ3) is 2.98. The summed E-state index contributed by atoms with van der Waals surface area (Å²) in [4.78, 5) is 16.7. The van der Waals surface area contributed by atoms with Gasteiger partial charge in [-0.1, -0.05) is 0 Å². The van der Waals surface area contributed by atoms with Gasteiger partial charge in [0.05, 0.1) is 25.5 Å². The van der Waals surface area contributed by atoms with Crippen molar-refractivity contribution < 1.29 is 9.53 Å². The van der Waals surface area contributed by atoms with Crippen molar-refractivity contribution >= 4 is 65.2 Å². The van der Waals surface area contributed by atoms with Crippen molar-refractivity contribution in [2.75, 3.05) is 11.9 Å². The molecule has 4 rings (SSSR count). The van der Waals surface area contributed by atoms with Crippen LogP contribution >= 0.6 is 34.0 Å². The molecule has 0 aliphatic rings. The molecule has 0 saturated carbocycles. The molecule has 4 aromatic rings. The molecule has 0 atom stereocenters. The monoisotopic (exact) mass is 385 g/mol. The van der Waals surface area contributed by atoms with E-state index < -0.39 is 0 Å². The van der Waals surface area contributed by atoms with E-state index in [0.717, 1.165) is 25.3 Å². The molecule has 0 saturated heterocycles. The number of fused-ring (bicyclic) bond motifs is 3. The van der Waals surface area contributed by atoms with E-state index in [9.17, 15) is 4.79 Å². The Labute approximate surface area is 155 Å². The molecule has 1 aromatic carbocycles. The number of ether oxygens (including phenoxy) is 1. The van der Waals surface area contributed by atoms with Crippen LogP contribution in [0.15, 0.2) is 29.0 Å². The van der Waals surface area contributed by atoms with Crippen LogP contribution in [0, 0.1) is 18.3 Å². The summed E-state index contributed by atoms with van der Waals surface area (Å²) < 4.78 is 7.89. The number of hydrogen-bond acceptors (Lipinski definition) is 7. The molecule has 1 amide bonds. The van der Waals surface area contributed by atoms with Gasteiger partial charge < -0.3 is 10.1 Å². The molecule has 0 aliphatic heterocycles. The second kappa shape index (κ2) is 6.44. The molecule has 0 radical (unpaired) electrons. The van der Waals surface area contributed by atoms with Crippen molar-refractivity contribution in [2.24, 2.45) is 0 Å². The molecule has 0 spiro atoms. The van der Waals surface area contributed by atoms with E-state index in [-0.39, 0.29) is 12.5 Å². The van der Waals surface area contributed by atoms with Crippen LogP contribution < -0.4 is 10.1 Å². The molecule has 1 N–H and O–H groups in total. The predicted octanol–water partition coefficient (Wildman–Crippen LogP) is 4.77. The Balaban J connectivity index is 1.57. The van der Waals surface area contributed by atoms with E-state index in [1.807, 2.05) is 30.5 Å². The number of nitrogens with zero attached hydrogens (tertiary/aromatic N) is 2. The highest BCUT2D eigenvalue weighted by Gasteiger charge is 2.14. The fourth-order valence-corrected chi connectivity index (χ4v) is 5.09. The summed E-state index contributed by atoms with van der Waals surface area (Å²) in [6.07, 6.45) is 0. The number of amides is 1. The van der Waals surface area contributed by atoms with Crippen molar-refractivity contribution in [3.8, 4) is 11.8 Å². The van der Waals surface area contributed by atoms with Crippen LogP contribution in [0.3, 0.4) is 0 Å². The molecule has 0 unspecified atom stereocenters. The van der Waals surface area contributed by atoms with E-state index in [4.69, 9.17) is 10.00 Å². The van der Waals surface area contributed by atoms with Gasteiger partial charge in [0.25, 0.3) is 5.91 Å². The first kappa shape index (κ1) is 16.0. The third-order valence-corrected chi connectivity index (χ3v) is 6.23. The molecule has 3 heterocycles. The number of aryl methyl sites for hydroxylation is 1. The van der Waals surface area contributed by atoms with E-state index in [1.54, 1.807) is 34.1 Å². The molecular weight excluding hydrogens is 374 g/mol. The molecule has 5 nitrogen and oxygen atoms in total. The summed E-state index contributed by atoms with van der Waals surface area (Å²) in [7, 11) is 0. The zero-order valence-corrected chi connectivity index (χ0v) is 15.5. The van der Waals surface area contributed by atoms with Crippen LogP contribution in [0.5, 0.6) is 5.75 Å². The molecule has 124 valence electrons. The van der Waals surface area contributed by atoms with Crippen molar-refractivity contribution in [2.45, 2.75) is 6.92 Å². The average Bonchev–Trinajstić information content (AvgIpc) is 3.30. The summed E-state index contributed by atoms with van der Waals surface area (Å²) in [5.74, 6) is 0.386. The maximum atomic E-state index is 12.1. The van der Waals surface area contributed by atoms with Gasteiger partial charge in [0.2, 0.25) is 0 Å². The van der Waals surface area contributed by atoms with E-state index >= 15 is 0 Å². The van der Waals surface area contributed by atoms with Crippen LogP contribution in [0.25, 0.3) is 20.3 Å². The number of carbonyl (C=O) groups is 1. The zero-order valence-electron chi connectivity index (χ0n) is 13.0. The Hall–Kier alpha value is -2.47. The normalized spacial score (nSPS) is 10.9. The molecule has 8 heteroatoms. The van der Waals surface area contributed by atoms with Gasteiger partial charge in [-0.25, -0.2) is 4.98 Å². The molecule has 3 aromatic heterocycles. The lowest BCUT2D eigenvalue weighted by Crippen LogP contribution is -2.20. The zero-order chi connectivity index (χ0) is 17.4. The molecule has 25 heavy (non-hydrogen) atoms. The van der Waals surface area contributed by atoms with Gasteiger partial charge in [0.15, 0.2) is 6.61 Å². The Bertz CT molecular complexity index is 1130. The number of aromatic nitrogens is 1. The minimum absolute atomic E-state index is 0.114. The highest BCUT2D eigenvalue weighted by molar-refractivity contribution is 7.21. The van der Waals surface area contributed by atoms with Crippen molar-refractivity contribution in [3.05, 3.63) is 39.5 Å². The summed E-state index contributed by atoms with van der Waals surface area (Å²) in [5.41, 5.74) is 1.45. The number of anilines is 1. The van der Waals surface area contributed by atoms with Gasteiger partial charge in [0.1, 0.15) is 16.8 Å². The van der Waals surface area contributed by atoms with Crippen LogP contribution in [0.1, 0.15) is 10.6 Å². The average molecular weight is 385 g/mol. The fraction of sp³-hybridized carbons (Fsp3) is 0.118. The van der Waals surface area contributed by atoms with E-state index in [0.29, 0.717) is 16.3 Å². The highest BCUT2D eigenvalue weighted by atomic mass is 32.1. The number of thiophene rings is 2. The number of benzene rings is 1. The number of nitriles is 1. The van der Waals surface area contributed by atoms with Crippen molar-refractivity contribution in [1.82, 2.24) is 4.98 Å². The smallest absolute Gasteiger partial charge is 0.262 e. The minimum atomic E-state index is -0.289. The topological polar surface area (TPSA) is 75.0 Å². The van der Waals surface area contributed by atoms with Gasteiger partial charge >= 0.3 is 0 Å². The number of thiazole rings is 1. The predicted molar refractivity (Wildman–Crippen MR) is 103 cm³/mol. The van der Waals surface area contributed by atoms with Crippen LogP contribution in [0.2, 0.25) is 0 Å². The first-order valence-electron chi connectivity index (χ1n) is 7.33. The first-order valence-corrected chi connectivity index (χ1v) is 9.91. The molecular formula is C17H11N3O2S3. The summed E-state index contributed by atoms with van der Waals surface area (Å²) in [6, 6.07) is 7.64. The van der Waals surface area contributed by atoms with Crippen LogP contribution in [-0.4, -0.2) is 17.5 Å².